The molecule has 2 amide bonds. The molecule has 6 nitrogen and oxygen atoms in total. The summed E-state index contributed by atoms with van der Waals surface area (Å²) in [4.78, 5) is 42.5. The smallest absolute Gasteiger partial charge is 0.327 e. The molecule has 2 heterocycles. The SMILES string of the molecule is COC(=O)[C@]1(Cc2ccccc2)N[C@H](c2ccccc2Cl)[C@@H]2C(=O)N(Cc3ccccc3)C(=O)[C@@H]21. The van der Waals surface area contributed by atoms with Crippen LogP contribution < -0.4 is 5.32 Å². The molecule has 4 atom stereocenters. The highest BCUT2D eigenvalue weighted by molar-refractivity contribution is 6.31. The van der Waals surface area contributed by atoms with Crippen LogP contribution in [0.25, 0.3) is 0 Å². The number of carbonyl (C=O) groups excluding carboxylic acids is 3. The van der Waals surface area contributed by atoms with Gasteiger partial charge in [0.2, 0.25) is 11.8 Å². The van der Waals surface area contributed by atoms with Crippen molar-refractivity contribution in [2.75, 3.05) is 7.11 Å². The lowest BCUT2D eigenvalue weighted by Gasteiger charge is -2.32. The third kappa shape index (κ3) is 3.93. The Morgan fingerprint density at radius 1 is 0.914 bits per heavy atom. The standard InChI is InChI=1S/C28H25ClN2O4/c1-35-27(34)28(16-18-10-4-2-5-11-18)23-22(24(30-28)20-14-8-9-15-21(20)29)25(32)31(26(23)33)17-19-12-6-3-7-13-19/h2-15,22-24,30H,16-17H2,1H3/t22-,23-,24-,28-/m1/s1. The van der Waals surface area contributed by atoms with Gasteiger partial charge in [-0.1, -0.05) is 90.5 Å². The van der Waals surface area contributed by atoms with Crippen LogP contribution in [0.4, 0.5) is 0 Å². The molecule has 0 spiro atoms. The molecule has 0 unspecified atom stereocenters. The number of benzene rings is 3. The van der Waals surface area contributed by atoms with Crippen LogP contribution in [0.1, 0.15) is 22.7 Å². The van der Waals surface area contributed by atoms with Crippen molar-refractivity contribution in [3.8, 4) is 0 Å². The van der Waals surface area contributed by atoms with Gasteiger partial charge in [-0.3, -0.25) is 24.6 Å². The van der Waals surface area contributed by atoms with E-state index in [0.717, 1.165) is 11.1 Å². The summed E-state index contributed by atoms with van der Waals surface area (Å²) >= 11 is 6.55. The second kappa shape index (κ2) is 9.29. The molecule has 0 aromatic heterocycles. The van der Waals surface area contributed by atoms with Crippen LogP contribution in [0, 0.1) is 11.8 Å². The maximum atomic E-state index is 13.9. The van der Waals surface area contributed by atoms with Crippen molar-refractivity contribution in [1.29, 1.82) is 0 Å². The lowest BCUT2D eigenvalue weighted by Crippen LogP contribution is -2.57. The molecule has 3 aromatic carbocycles. The van der Waals surface area contributed by atoms with Crippen molar-refractivity contribution in [1.82, 2.24) is 10.2 Å². The first-order valence-corrected chi connectivity index (χ1v) is 11.9. The Kier molecular flexibility index (Phi) is 6.17. The van der Waals surface area contributed by atoms with E-state index in [1.165, 1.54) is 12.0 Å². The maximum Gasteiger partial charge on any atom is 0.327 e. The number of hydrogen-bond acceptors (Lipinski definition) is 5. The molecule has 0 aliphatic carbocycles. The molecule has 0 saturated carbocycles. The summed E-state index contributed by atoms with van der Waals surface area (Å²) in [6.45, 7) is 0.142. The molecule has 0 bridgehead atoms. The van der Waals surface area contributed by atoms with Crippen LogP contribution in [0.5, 0.6) is 0 Å². The average molecular weight is 489 g/mol. The molecule has 3 aromatic rings. The molecule has 178 valence electrons. The number of ether oxygens (including phenoxy) is 1. The average Bonchev–Trinajstić information content (AvgIpc) is 3.34. The van der Waals surface area contributed by atoms with E-state index in [9.17, 15) is 14.4 Å². The van der Waals surface area contributed by atoms with Crippen LogP contribution in [-0.2, 0) is 32.1 Å². The topological polar surface area (TPSA) is 75.7 Å². The Bertz CT molecular complexity index is 1270. The number of rotatable bonds is 6. The summed E-state index contributed by atoms with van der Waals surface area (Å²) < 4.78 is 5.25. The number of fused-ring (bicyclic) bond motifs is 1. The fourth-order valence-corrected chi connectivity index (χ4v) is 5.75. The van der Waals surface area contributed by atoms with Crippen LogP contribution in [0.2, 0.25) is 5.02 Å². The molecule has 2 saturated heterocycles. The summed E-state index contributed by atoms with van der Waals surface area (Å²) in [5.74, 6) is -3.01. The molecule has 2 fully saturated rings. The minimum atomic E-state index is -1.43. The molecular formula is C28H25ClN2O4. The van der Waals surface area contributed by atoms with E-state index in [0.29, 0.717) is 10.6 Å². The summed E-state index contributed by atoms with van der Waals surface area (Å²) in [5, 5.41) is 3.84. The van der Waals surface area contributed by atoms with Crippen LogP contribution in [0.3, 0.4) is 0 Å². The minimum absolute atomic E-state index is 0.142. The zero-order valence-electron chi connectivity index (χ0n) is 19.2. The van der Waals surface area contributed by atoms with Gasteiger partial charge in [-0.05, 0) is 22.8 Å². The molecular weight excluding hydrogens is 464 g/mol. The molecule has 2 aliphatic heterocycles. The van der Waals surface area contributed by atoms with Crippen molar-refractivity contribution in [2.24, 2.45) is 11.8 Å². The van der Waals surface area contributed by atoms with Crippen molar-refractivity contribution >= 4 is 29.4 Å². The first-order valence-electron chi connectivity index (χ1n) is 11.5. The number of esters is 1. The van der Waals surface area contributed by atoms with Crippen LogP contribution >= 0.6 is 11.6 Å². The zero-order valence-corrected chi connectivity index (χ0v) is 19.9. The highest BCUT2D eigenvalue weighted by atomic mass is 35.5. The van der Waals surface area contributed by atoms with Gasteiger partial charge in [0.25, 0.3) is 0 Å². The second-order valence-electron chi connectivity index (χ2n) is 9.02. The van der Waals surface area contributed by atoms with Crippen molar-refractivity contribution < 1.29 is 19.1 Å². The van der Waals surface area contributed by atoms with Crippen LogP contribution in [0.15, 0.2) is 84.9 Å². The number of carbonyl (C=O) groups is 3. The van der Waals surface area contributed by atoms with Gasteiger partial charge < -0.3 is 4.74 Å². The number of methoxy groups -OCH3 is 1. The molecule has 2 aliphatic rings. The van der Waals surface area contributed by atoms with Gasteiger partial charge in [0.05, 0.1) is 25.5 Å². The predicted molar refractivity (Wildman–Crippen MR) is 131 cm³/mol. The van der Waals surface area contributed by atoms with Gasteiger partial charge in [-0.15, -0.1) is 0 Å². The van der Waals surface area contributed by atoms with Crippen molar-refractivity contribution in [2.45, 2.75) is 24.5 Å². The molecule has 7 heteroatoms. The third-order valence-corrected chi connectivity index (χ3v) is 7.39. The van der Waals surface area contributed by atoms with E-state index in [2.05, 4.69) is 5.32 Å². The number of nitrogens with one attached hydrogen (secondary N) is 1. The van der Waals surface area contributed by atoms with E-state index in [-0.39, 0.29) is 24.8 Å². The Morgan fingerprint density at radius 2 is 1.51 bits per heavy atom. The normalized spacial score (nSPS) is 25.5. The second-order valence-corrected chi connectivity index (χ2v) is 9.43. The zero-order chi connectivity index (χ0) is 24.6. The van der Waals surface area contributed by atoms with E-state index in [1.807, 2.05) is 72.8 Å². The first kappa shape index (κ1) is 23.3. The number of amides is 2. The number of likely N-dealkylation sites (tertiary alicyclic amines) is 1. The highest BCUT2D eigenvalue weighted by Crippen LogP contribution is 2.51. The van der Waals surface area contributed by atoms with Gasteiger partial charge in [0, 0.05) is 17.5 Å². The Labute approximate surface area is 208 Å². The lowest BCUT2D eigenvalue weighted by molar-refractivity contribution is -0.154. The predicted octanol–water partition coefficient (Wildman–Crippen LogP) is 3.94. The van der Waals surface area contributed by atoms with E-state index in [1.54, 1.807) is 12.1 Å². The van der Waals surface area contributed by atoms with Gasteiger partial charge in [-0.25, -0.2) is 0 Å². The first-order chi connectivity index (χ1) is 17.0. The fraction of sp³-hybridized carbons (Fsp3) is 0.250. The largest absolute Gasteiger partial charge is 0.468 e. The molecule has 0 radical (unpaired) electrons. The summed E-state index contributed by atoms with van der Waals surface area (Å²) in [6.07, 6.45) is 0.195. The van der Waals surface area contributed by atoms with Gasteiger partial charge in [0.15, 0.2) is 0 Å². The van der Waals surface area contributed by atoms with Crippen molar-refractivity contribution in [3.63, 3.8) is 0 Å². The lowest BCUT2D eigenvalue weighted by atomic mass is 9.76. The van der Waals surface area contributed by atoms with E-state index in [4.69, 9.17) is 16.3 Å². The van der Waals surface area contributed by atoms with Crippen molar-refractivity contribution in [3.05, 3.63) is 107 Å². The monoisotopic (exact) mass is 488 g/mol. The molecule has 35 heavy (non-hydrogen) atoms. The highest BCUT2D eigenvalue weighted by Gasteiger charge is 2.68. The fourth-order valence-electron chi connectivity index (χ4n) is 5.50. The summed E-state index contributed by atoms with van der Waals surface area (Å²) in [7, 11) is 1.30. The van der Waals surface area contributed by atoms with Gasteiger partial charge >= 0.3 is 5.97 Å². The van der Waals surface area contributed by atoms with E-state index < -0.39 is 29.4 Å². The van der Waals surface area contributed by atoms with E-state index >= 15 is 0 Å². The van der Waals surface area contributed by atoms with Gasteiger partial charge in [0.1, 0.15) is 5.54 Å². The Hall–Kier alpha value is -3.48. The summed E-state index contributed by atoms with van der Waals surface area (Å²) in [6, 6.07) is 25.4. The Balaban J connectivity index is 1.64. The Morgan fingerprint density at radius 3 is 2.14 bits per heavy atom. The third-order valence-electron chi connectivity index (χ3n) is 7.04. The number of nitrogens with zero attached hydrogens (tertiary/aromatic N) is 1. The number of imide groups is 1. The minimum Gasteiger partial charge on any atom is -0.468 e. The summed E-state index contributed by atoms with van der Waals surface area (Å²) in [5.41, 5.74) is 0.933. The molecule has 5 rings (SSSR count). The number of halogens is 1. The quantitative estimate of drug-likeness (QED) is 0.420. The van der Waals surface area contributed by atoms with Crippen LogP contribution in [-0.4, -0.2) is 35.3 Å². The maximum absolute atomic E-state index is 13.9. The van der Waals surface area contributed by atoms with Gasteiger partial charge in [-0.2, -0.15) is 0 Å². The molecule has 1 N–H and O–H groups in total. The number of hydrogen-bond donors (Lipinski definition) is 1.